The number of halogens is 1. The molecule has 3 heteroatoms. The lowest BCUT2D eigenvalue weighted by Crippen LogP contribution is -2.31. The third-order valence-electron chi connectivity index (χ3n) is 3.35. The second-order valence-corrected chi connectivity index (χ2v) is 4.87. The second kappa shape index (κ2) is 6.12. The zero-order valence-corrected chi connectivity index (χ0v) is 11.0. The van der Waals surface area contributed by atoms with Crippen LogP contribution in [0.1, 0.15) is 31.0 Å². The second-order valence-electron chi connectivity index (χ2n) is 4.87. The standard InChI is InChI=1S/C14H22FNO/c1-9(2)12(8-17)14(16-4)11-5-6-13(15)10(3)7-11/h5-7,9,12,14,16-17H,8H2,1-4H3. The highest BCUT2D eigenvalue weighted by atomic mass is 19.1. The fourth-order valence-corrected chi connectivity index (χ4v) is 2.19. The summed E-state index contributed by atoms with van der Waals surface area (Å²) in [7, 11) is 1.87. The maximum Gasteiger partial charge on any atom is 0.126 e. The van der Waals surface area contributed by atoms with E-state index in [-0.39, 0.29) is 24.4 Å². The molecule has 2 N–H and O–H groups in total. The van der Waals surface area contributed by atoms with Gasteiger partial charge in [-0.05, 0) is 37.1 Å². The number of benzene rings is 1. The molecule has 2 atom stereocenters. The van der Waals surface area contributed by atoms with Crippen LogP contribution < -0.4 is 5.32 Å². The first kappa shape index (κ1) is 14.1. The van der Waals surface area contributed by atoms with E-state index in [1.54, 1.807) is 13.0 Å². The lowest BCUT2D eigenvalue weighted by molar-refractivity contribution is 0.154. The largest absolute Gasteiger partial charge is 0.396 e. The Morgan fingerprint density at radius 3 is 2.41 bits per heavy atom. The minimum atomic E-state index is -0.186. The van der Waals surface area contributed by atoms with Gasteiger partial charge in [0.15, 0.2) is 0 Å². The molecular formula is C14H22FNO. The zero-order chi connectivity index (χ0) is 13.0. The molecule has 0 bridgehead atoms. The molecule has 17 heavy (non-hydrogen) atoms. The molecule has 0 saturated carbocycles. The van der Waals surface area contributed by atoms with Crippen molar-refractivity contribution in [3.63, 3.8) is 0 Å². The van der Waals surface area contributed by atoms with Crippen molar-refractivity contribution in [3.8, 4) is 0 Å². The molecule has 0 saturated heterocycles. The van der Waals surface area contributed by atoms with Crippen molar-refractivity contribution in [1.82, 2.24) is 5.32 Å². The number of hydrogen-bond donors (Lipinski definition) is 2. The number of aryl methyl sites for hydroxylation is 1. The van der Waals surface area contributed by atoms with Crippen molar-refractivity contribution in [3.05, 3.63) is 35.1 Å². The van der Waals surface area contributed by atoms with Gasteiger partial charge in [-0.1, -0.05) is 26.0 Å². The summed E-state index contributed by atoms with van der Waals surface area (Å²) < 4.78 is 13.2. The molecule has 0 aliphatic rings. The van der Waals surface area contributed by atoms with E-state index in [4.69, 9.17) is 0 Å². The third-order valence-corrected chi connectivity index (χ3v) is 3.35. The smallest absolute Gasteiger partial charge is 0.126 e. The highest BCUT2D eigenvalue weighted by molar-refractivity contribution is 5.27. The first-order valence-electron chi connectivity index (χ1n) is 6.05. The summed E-state index contributed by atoms with van der Waals surface area (Å²) in [4.78, 5) is 0. The monoisotopic (exact) mass is 239 g/mol. The Morgan fingerprint density at radius 1 is 1.35 bits per heavy atom. The lowest BCUT2D eigenvalue weighted by atomic mass is 9.85. The minimum absolute atomic E-state index is 0.0549. The van der Waals surface area contributed by atoms with Gasteiger partial charge in [0, 0.05) is 18.6 Å². The van der Waals surface area contributed by atoms with Crippen LogP contribution in [0.25, 0.3) is 0 Å². The summed E-state index contributed by atoms with van der Waals surface area (Å²) in [5.41, 5.74) is 1.67. The molecule has 2 unspecified atom stereocenters. The van der Waals surface area contributed by atoms with Gasteiger partial charge in [0.05, 0.1) is 0 Å². The average Bonchev–Trinajstić information content (AvgIpc) is 2.29. The van der Waals surface area contributed by atoms with Gasteiger partial charge in [-0.3, -0.25) is 0 Å². The first-order chi connectivity index (χ1) is 8.01. The predicted molar refractivity (Wildman–Crippen MR) is 68.4 cm³/mol. The molecule has 96 valence electrons. The van der Waals surface area contributed by atoms with Crippen molar-refractivity contribution >= 4 is 0 Å². The average molecular weight is 239 g/mol. The number of nitrogens with one attached hydrogen (secondary N) is 1. The molecule has 2 nitrogen and oxygen atoms in total. The van der Waals surface area contributed by atoms with Gasteiger partial charge >= 0.3 is 0 Å². The van der Waals surface area contributed by atoms with Gasteiger partial charge in [0.25, 0.3) is 0 Å². The molecule has 0 aromatic heterocycles. The van der Waals surface area contributed by atoms with E-state index in [1.807, 2.05) is 13.1 Å². The summed E-state index contributed by atoms with van der Waals surface area (Å²) in [6.07, 6.45) is 0. The van der Waals surface area contributed by atoms with E-state index < -0.39 is 0 Å². The van der Waals surface area contributed by atoms with E-state index >= 15 is 0 Å². The maximum absolute atomic E-state index is 13.2. The highest BCUT2D eigenvalue weighted by Gasteiger charge is 2.24. The molecule has 0 fully saturated rings. The van der Waals surface area contributed by atoms with Crippen molar-refractivity contribution in [2.45, 2.75) is 26.8 Å². The molecule has 0 aliphatic carbocycles. The summed E-state index contributed by atoms with van der Waals surface area (Å²) in [5.74, 6) is 0.307. The molecule has 0 spiro atoms. The Bertz CT molecular complexity index is 365. The topological polar surface area (TPSA) is 32.3 Å². The molecule has 1 rings (SSSR count). The van der Waals surface area contributed by atoms with Crippen LogP contribution in [0.3, 0.4) is 0 Å². The summed E-state index contributed by atoms with van der Waals surface area (Å²) in [6, 6.07) is 5.18. The molecule has 1 aromatic carbocycles. The van der Waals surface area contributed by atoms with E-state index in [2.05, 4.69) is 19.2 Å². The van der Waals surface area contributed by atoms with Gasteiger partial charge in [-0.25, -0.2) is 4.39 Å². The maximum atomic E-state index is 13.2. The van der Waals surface area contributed by atoms with Crippen molar-refractivity contribution in [1.29, 1.82) is 0 Å². The van der Waals surface area contributed by atoms with Crippen LogP contribution >= 0.6 is 0 Å². The number of rotatable bonds is 5. The molecule has 0 aliphatic heterocycles. The van der Waals surface area contributed by atoms with Gasteiger partial charge < -0.3 is 10.4 Å². The van der Waals surface area contributed by atoms with Gasteiger partial charge in [-0.2, -0.15) is 0 Å². The zero-order valence-electron chi connectivity index (χ0n) is 11.0. The van der Waals surface area contributed by atoms with Gasteiger partial charge in [0.2, 0.25) is 0 Å². The molecule has 0 amide bonds. The van der Waals surface area contributed by atoms with Gasteiger partial charge in [0.1, 0.15) is 5.82 Å². The van der Waals surface area contributed by atoms with Crippen LogP contribution in [0, 0.1) is 24.6 Å². The fraction of sp³-hybridized carbons (Fsp3) is 0.571. The summed E-state index contributed by atoms with van der Waals surface area (Å²) >= 11 is 0. The third kappa shape index (κ3) is 3.27. The lowest BCUT2D eigenvalue weighted by Gasteiger charge is -2.29. The van der Waals surface area contributed by atoms with Crippen LogP contribution in [0.15, 0.2) is 18.2 Å². The van der Waals surface area contributed by atoms with Crippen LogP contribution in [0.5, 0.6) is 0 Å². The van der Waals surface area contributed by atoms with E-state index in [9.17, 15) is 9.50 Å². The Morgan fingerprint density at radius 2 is 2.00 bits per heavy atom. The SMILES string of the molecule is CNC(c1ccc(F)c(C)c1)C(CO)C(C)C. The molecular weight excluding hydrogens is 217 g/mol. The molecule has 0 radical (unpaired) electrons. The van der Waals surface area contributed by atoms with Crippen molar-refractivity contribution in [2.24, 2.45) is 11.8 Å². The summed E-state index contributed by atoms with van der Waals surface area (Å²) in [6.45, 7) is 6.05. The van der Waals surface area contributed by atoms with E-state index in [0.29, 0.717) is 11.5 Å². The summed E-state index contributed by atoms with van der Waals surface area (Å²) in [5, 5.41) is 12.7. The Hall–Kier alpha value is -0.930. The quantitative estimate of drug-likeness (QED) is 0.828. The van der Waals surface area contributed by atoms with Crippen molar-refractivity contribution in [2.75, 3.05) is 13.7 Å². The Balaban J connectivity index is 3.03. The normalized spacial score (nSPS) is 15.0. The minimum Gasteiger partial charge on any atom is -0.396 e. The fourth-order valence-electron chi connectivity index (χ4n) is 2.19. The van der Waals surface area contributed by atoms with Gasteiger partial charge in [-0.15, -0.1) is 0 Å². The number of aliphatic hydroxyl groups excluding tert-OH is 1. The van der Waals surface area contributed by atoms with E-state index in [0.717, 1.165) is 5.56 Å². The molecule has 0 heterocycles. The van der Waals surface area contributed by atoms with Crippen LogP contribution in [0.4, 0.5) is 4.39 Å². The first-order valence-corrected chi connectivity index (χ1v) is 6.05. The van der Waals surface area contributed by atoms with Crippen molar-refractivity contribution < 1.29 is 9.50 Å². The highest BCUT2D eigenvalue weighted by Crippen LogP contribution is 2.28. The Labute approximate surface area is 103 Å². The number of hydrogen-bond acceptors (Lipinski definition) is 2. The molecule has 1 aromatic rings. The number of aliphatic hydroxyl groups is 1. The van der Waals surface area contributed by atoms with Crippen LogP contribution in [0.2, 0.25) is 0 Å². The van der Waals surface area contributed by atoms with Crippen LogP contribution in [-0.4, -0.2) is 18.8 Å². The predicted octanol–water partition coefficient (Wildman–Crippen LogP) is 2.66. The van der Waals surface area contributed by atoms with E-state index in [1.165, 1.54) is 6.07 Å². The van der Waals surface area contributed by atoms with Crippen LogP contribution in [-0.2, 0) is 0 Å². The Kier molecular flexibility index (Phi) is 5.09.